The Kier molecular flexibility index (Phi) is 4.72. The van der Waals surface area contributed by atoms with Crippen molar-refractivity contribution in [2.45, 2.75) is 13.0 Å². The number of primary amides is 1. The minimum absolute atomic E-state index is 0.0889. The van der Waals surface area contributed by atoms with E-state index in [2.05, 4.69) is 16.7 Å². The third-order valence-electron chi connectivity index (χ3n) is 3.47. The predicted octanol–water partition coefficient (Wildman–Crippen LogP) is 0.443. The van der Waals surface area contributed by atoms with Gasteiger partial charge in [-0.25, -0.2) is 4.39 Å². The Bertz CT molecular complexity index is 562. The van der Waals surface area contributed by atoms with Crippen LogP contribution in [0.3, 0.4) is 0 Å². The number of benzene rings is 1. The lowest BCUT2D eigenvalue weighted by Gasteiger charge is -2.16. The summed E-state index contributed by atoms with van der Waals surface area (Å²) < 4.78 is 13.3. The van der Waals surface area contributed by atoms with E-state index in [4.69, 9.17) is 11.5 Å². The van der Waals surface area contributed by atoms with E-state index in [1.807, 2.05) is 0 Å². The number of hydrogen-bond acceptors (Lipinski definition) is 3. The van der Waals surface area contributed by atoms with E-state index < -0.39 is 0 Å². The van der Waals surface area contributed by atoms with Crippen LogP contribution in [0.4, 0.5) is 4.39 Å². The molecule has 106 valence electrons. The minimum Gasteiger partial charge on any atom is -0.369 e. The van der Waals surface area contributed by atoms with Crippen LogP contribution in [0.5, 0.6) is 0 Å². The number of nitrogens with zero attached hydrogens (tertiary/aromatic N) is 1. The Morgan fingerprint density at radius 3 is 2.95 bits per heavy atom. The maximum atomic E-state index is 13.3. The smallest absolute Gasteiger partial charge is 0.221 e. The standard InChI is InChI=1S/C15H18FN3O/c16-14-4-3-12(11(8-14)2-1-6-17)9-19-7-5-13(10-19)15(18)20/h3-4,8,13H,5-7,9-10,17H2,(H2,18,20). The molecule has 1 atom stereocenters. The number of likely N-dealkylation sites (tertiary alicyclic amines) is 1. The molecule has 20 heavy (non-hydrogen) atoms. The van der Waals surface area contributed by atoms with Crippen molar-refractivity contribution in [1.29, 1.82) is 0 Å². The summed E-state index contributed by atoms with van der Waals surface area (Å²) in [7, 11) is 0. The van der Waals surface area contributed by atoms with Crippen LogP contribution < -0.4 is 11.5 Å². The molecule has 1 amide bonds. The second-order valence-corrected chi connectivity index (χ2v) is 4.93. The number of halogens is 1. The Morgan fingerprint density at radius 2 is 2.30 bits per heavy atom. The van der Waals surface area contributed by atoms with Gasteiger partial charge in [0.05, 0.1) is 12.5 Å². The van der Waals surface area contributed by atoms with Gasteiger partial charge in [-0.15, -0.1) is 0 Å². The highest BCUT2D eigenvalue weighted by molar-refractivity contribution is 5.77. The maximum Gasteiger partial charge on any atom is 0.221 e. The minimum atomic E-state index is -0.313. The average Bonchev–Trinajstić information content (AvgIpc) is 2.88. The van der Waals surface area contributed by atoms with Gasteiger partial charge >= 0.3 is 0 Å². The molecule has 1 unspecified atom stereocenters. The summed E-state index contributed by atoms with van der Waals surface area (Å²) in [5.74, 6) is 4.97. The van der Waals surface area contributed by atoms with Crippen molar-refractivity contribution in [3.63, 3.8) is 0 Å². The zero-order valence-corrected chi connectivity index (χ0v) is 11.2. The van der Waals surface area contributed by atoms with Crippen LogP contribution in [0.1, 0.15) is 17.5 Å². The van der Waals surface area contributed by atoms with E-state index in [0.717, 1.165) is 18.5 Å². The number of amides is 1. The van der Waals surface area contributed by atoms with E-state index in [9.17, 15) is 9.18 Å². The molecule has 1 fully saturated rings. The topological polar surface area (TPSA) is 72.3 Å². The fourth-order valence-corrected chi connectivity index (χ4v) is 2.40. The van der Waals surface area contributed by atoms with E-state index in [0.29, 0.717) is 18.7 Å². The van der Waals surface area contributed by atoms with E-state index in [1.165, 1.54) is 12.1 Å². The summed E-state index contributed by atoms with van der Waals surface area (Å²) in [5, 5.41) is 0. The molecule has 0 radical (unpaired) electrons. The van der Waals surface area contributed by atoms with Gasteiger partial charge in [-0.3, -0.25) is 9.69 Å². The number of carbonyl (C=O) groups is 1. The van der Waals surface area contributed by atoms with Gasteiger partial charge < -0.3 is 11.5 Å². The lowest BCUT2D eigenvalue weighted by atomic mass is 10.1. The van der Waals surface area contributed by atoms with E-state index >= 15 is 0 Å². The van der Waals surface area contributed by atoms with Gasteiger partial charge in [0.25, 0.3) is 0 Å². The quantitative estimate of drug-likeness (QED) is 0.786. The van der Waals surface area contributed by atoms with Crippen molar-refractivity contribution >= 4 is 5.91 Å². The molecular weight excluding hydrogens is 257 g/mol. The van der Waals surface area contributed by atoms with Gasteiger partial charge in [-0.1, -0.05) is 17.9 Å². The number of nitrogens with two attached hydrogens (primary N) is 2. The SMILES string of the molecule is NCC#Cc1cc(F)ccc1CN1CCC(C(N)=O)C1. The zero-order chi connectivity index (χ0) is 14.5. The Morgan fingerprint density at radius 1 is 1.50 bits per heavy atom. The van der Waals surface area contributed by atoms with Gasteiger partial charge in [0, 0.05) is 18.7 Å². The molecular formula is C15H18FN3O. The van der Waals surface area contributed by atoms with Crippen LogP contribution in [0.2, 0.25) is 0 Å². The molecule has 1 saturated heterocycles. The first-order valence-electron chi connectivity index (χ1n) is 6.59. The average molecular weight is 275 g/mol. The van der Waals surface area contributed by atoms with E-state index in [1.54, 1.807) is 6.07 Å². The van der Waals surface area contributed by atoms with Crippen molar-refractivity contribution in [3.8, 4) is 11.8 Å². The second kappa shape index (κ2) is 6.51. The normalized spacial score (nSPS) is 18.6. The van der Waals surface area contributed by atoms with Crippen molar-refractivity contribution < 1.29 is 9.18 Å². The summed E-state index contributed by atoms with van der Waals surface area (Å²) in [4.78, 5) is 13.3. The van der Waals surface area contributed by atoms with Gasteiger partial charge in [0.2, 0.25) is 5.91 Å². The Balaban J connectivity index is 2.11. The molecule has 1 aliphatic heterocycles. The summed E-state index contributed by atoms with van der Waals surface area (Å²) in [6.07, 6.45) is 0.778. The monoisotopic (exact) mass is 275 g/mol. The van der Waals surface area contributed by atoms with Crippen LogP contribution in [-0.2, 0) is 11.3 Å². The van der Waals surface area contributed by atoms with Gasteiger partial charge in [0.1, 0.15) is 5.82 Å². The predicted molar refractivity (Wildman–Crippen MR) is 74.9 cm³/mol. The lowest BCUT2D eigenvalue weighted by Crippen LogP contribution is -2.27. The first kappa shape index (κ1) is 14.5. The number of rotatable bonds is 3. The molecule has 1 heterocycles. The molecule has 5 heteroatoms. The van der Waals surface area contributed by atoms with Gasteiger partial charge in [0.15, 0.2) is 0 Å². The van der Waals surface area contributed by atoms with Gasteiger partial charge in [-0.05, 0) is 30.7 Å². The lowest BCUT2D eigenvalue weighted by molar-refractivity contribution is -0.121. The Labute approximate surface area is 117 Å². The second-order valence-electron chi connectivity index (χ2n) is 4.93. The van der Waals surface area contributed by atoms with Crippen molar-refractivity contribution in [2.75, 3.05) is 19.6 Å². The molecule has 1 aliphatic rings. The zero-order valence-electron chi connectivity index (χ0n) is 11.2. The molecule has 4 N–H and O–H groups in total. The molecule has 4 nitrogen and oxygen atoms in total. The van der Waals surface area contributed by atoms with Crippen LogP contribution in [0.25, 0.3) is 0 Å². The summed E-state index contributed by atoms with van der Waals surface area (Å²) in [5.41, 5.74) is 12.3. The molecule has 1 aromatic carbocycles. The number of carbonyl (C=O) groups excluding carboxylic acids is 1. The Hall–Kier alpha value is -1.90. The maximum absolute atomic E-state index is 13.3. The third-order valence-corrected chi connectivity index (χ3v) is 3.47. The molecule has 0 aromatic heterocycles. The van der Waals surface area contributed by atoms with Crippen molar-refractivity contribution in [2.24, 2.45) is 17.4 Å². The highest BCUT2D eigenvalue weighted by Gasteiger charge is 2.26. The van der Waals surface area contributed by atoms with Crippen molar-refractivity contribution in [1.82, 2.24) is 4.90 Å². The molecule has 0 spiro atoms. The molecule has 0 aliphatic carbocycles. The molecule has 1 aromatic rings. The van der Waals surface area contributed by atoms with Crippen LogP contribution in [0.15, 0.2) is 18.2 Å². The third kappa shape index (κ3) is 3.56. The largest absolute Gasteiger partial charge is 0.369 e. The van der Waals surface area contributed by atoms with E-state index in [-0.39, 0.29) is 24.2 Å². The summed E-state index contributed by atoms with van der Waals surface area (Å²) in [6, 6.07) is 4.57. The highest BCUT2D eigenvalue weighted by Crippen LogP contribution is 2.20. The van der Waals surface area contributed by atoms with Crippen LogP contribution in [-0.4, -0.2) is 30.4 Å². The molecule has 0 bridgehead atoms. The van der Waals surface area contributed by atoms with Crippen LogP contribution in [0, 0.1) is 23.6 Å². The molecule has 0 saturated carbocycles. The van der Waals surface area contributed by atoms with Crippen LogP contribution >= 0.6 is 0 Å². The summed E-state index contributed by atoms with van der Waals surface area (Å²) >= 11 is 0. The highest BCUT2D eigenvalue weighted by atomic mass is 19.1. The first-order chi connectivity index (χ1) is 9.60. The number of hydrogen-bond donors (Lipinski definition) is 2. The first-order valence-corrected chi connectivity index (χ1v) is 6.59. The van der Waals surface area contributed by atoms with Gasteiger partial charge in [-0.2, -0.15) is 0 Å². The summed E-state index contributed by atoms with van der Waals surface area (Å²) in [6.45, 7) is 2.34. The van der Waals surface area contributed by atoms with Crippen molar-refractivity contribution in [3.05, 3.63) is 35.1 Å². The fourth-order valence-electron chi connectivity index (χ4n) is 2.40. The molecule has 2 rings (SSSR count). The fraction of sp³-hybridized carbons (Fsp3) is 0.400.